The Morgan fingerprint density at radius 1 is 1.07 bits per heavy atom. The molecule has 0 spiro atoms. The van der Waals surface area contributed by atoms with Gasteiger partial charge in [-0.1, -0.05) is 17.2 Å². The lowest BCUT2D eigenvalue weighted by Crippen LogP contribution is -2.02. The SMILES string of the molecule is CCc1cc(CCCOc2c(C)cc(-c3noc(C4CC4)n3)cc2C)on1. The Kier molecular flexibility index (Phi) is 4.97. The molecular weight excluding hydrogens is 342 g/mol. The second-order valence-electron chi connectivity index (χ2n) is 7.26. The van der Waals surface area contributed by atoms with Gasteiger partial charge in [-0.15, -0.1) is 0 Å². The van der Waals surface area contributed by atoms with E-state index in [0.717, 1.165) is 71.9 Å². The normalized spacial score (nSPS) is 13.9. The Hall–Kier alpha value is -2.63. The molecule has 6 nitrogen and oxygen atoms in total. The van der Waals surface area contributed by atoms with Gasteiger partial charge < -0.3 is 13.8 Å². The minimum Gasteiger partial charge on any atom is -0.493 e. The minimum absolute atomic E-state index is 0.466. The van der Waals surface area contributed by atoms with Gasteiger partial charge in [0.1, 0.15) is 11.5 Å². The summed E-state index contributed by atoms with van der Waals surface area (Å²) in [5.74, 6) is 3.74. The summed E-state index contributed by atoms with van der Waals surface area (Å²) < 4.78 is 16.7. The lowest BCUT2D eigenvalue weighted by molar-refractivity contribution is 0.296. The van der Waals surface area contributed by atoms with Crippen LogP contribution in [0.3, 0.4) is 0 Å². The molecule has 0 radical (unpaired) electrons. The summed E-state index contributed by atoms with van der Waals surface area (Å²) in [4.78, 5) is 4.54. The molecule has 4 rings (SSSR count). The number of nitrogens with zero attached hydrogens (tertiary/aromatic N) is 3. The average molecular weight is 367 g/mol. The highest BCUT2D eigenvalue weighted by Gasteiger charge is 2.29. The highest BCUT2D eigenvalue weighted by molar-refractivity contribution is 5.61. The third kappa shape index (κ3) is 4.04. The van der Waals surface area contributed by atoms with Crippen molar-refractivity contribution in [2.75, 3.05) is 6.61 Å². The van der Waals surface area contributed by atoms with E-state index >= 15 is 0 Å². The first kappa shape index (κ1) is 17.8. The number of aryl methyl sites for hydroxylation is 4. The van der Waals surface area contributed by atoms with Crippen LogP contribution in [0.15, 0.2) is 27.2 Å². The zero-order valence-electron chi connectivity index (χ0n) is 16.1. The van der Waals surface area contributed by atoms with E-state index in [9.17, 15) is 0 Å². The fraction of sp³-hybridized carbons (Fsp3) is 0.476. The molecule has 2 aromatic heterocycles. The van der Waals surface area contributed by atoms with Gasteiger partial charge >= 0.3 is 0 Å². The van der Waals surface area contributed by atoms with Crippen LogP contribution in [-0.2, 0) is 12.8 Å². The molecule has 0 saturated heterocycles. The van der Waals surface area contributed by atoms with Crippen molar-refractivity contribution in [3.05, 3.63) is 46.7 Å². The number of rotatable bonds is 8. The predicted molar refractivity (Wildman–Crippen MR) is 101 cm³/mol. The summed E-state index contributed by atoms with van der Waals surface area (Å²) in [7, 11) is 0. The van der Waals surface area contributed by atoms with Crippen molar-refractivity contribution in [3.8, 4) is 17.1 Å². The predicted octanol–water partition coefficient (Wildman–Crippen LogP) is 4.79. The van der Waals surface area contributed by atoms with Gasteiger partial charge in [0.05, 0.1) is 12.3 Å². The zero-order chi connectivity index (χ0) is 18.8. The molecule has 6 heteroatoms. The van der Waals surface area contributed by atoms with Crippen molar-refractivity contribution in [3.63, 3.8) is 0 Å². The summed E-state index contributed by atoms with van der Waals surface area (Å²) >= 11 is 0. The minimum atomic E-state index is 0.466. The largest absolute Gasteiger partial charge is 0.493 e. The van der Waals surface area contributed by atoms with Crippen molar-refractivity contribution in [1.82, 2.24) is 15.3 Å². The zero-order valence-corrected chi connectivity index (χ0v) is 16.1. The van der Waals surface area contributed by atoms with Gasteiger partial charge in [0.2, 0.25) is 11.7 Å². The third-order valence-electron chi connectivity index (χ3n) is 4.87. The van der Waals surface area contributed by atoms with Crippen molar-refractivity contribution < 1.29 is 13.8 Å². The molecule has 0 atom stereocenters. The van der Waals surface area contributed by atoms with E-state index < -0.39 is 0 Å². The van der Waals surface area contributed by atoms with Gasteiger partial charge in [-0.2, -0.15) is 4.98 Å². The molecule has 0 amide bonds. The summed E-state index contributed by atoms with van der Waals surface area (Å²) in [6.45, 7) is 6.81. The first-order chi connectivity index (χ1) is 13.1. The maximum Gasteiger partial charge on any atom is 0.230 e. The molecule has 1 saturated carbocycles. The van der Waals surface area contributed by atoms with Gasteiger partial charge in [-0.25, -0.2) is 0 Å². The Bertz CT molecular complexity index is 901. The molecule has 2 heterocycles. The van der Waals surface area contributed by atoms with Crippen LogP contribution in [0.1, 0.15) is 60.6 Å². The van der Waals surface area contributed by atoms with Gasteiger partial charge in [-0.3, -0.25) is 0 Å². The average Bonchev–Trinajstić information content (AvgIpc) is 3.20. The molecule has 1 aliphatic carbocycles. The van der Waals surface area contributed by atoms with Crippen molar-refractivity contribution >= 4 is 0 Å². The molecule has 3 aromatic rings. The van der Waals surface area contributed by atoms with Crippen molar-refractivity contribution in [1.29, 1.82) is 0 Å². The van der Waals surface area contributed by atoms with Gasteiger partial charge in [0.25, 0.3) is 0 Å². The number of ether oxygens (including phenoxy) is 1. The lowest BCUT2D eigenvalue weighted by atomic mass is 10.1. The van der Waals surface area contributed by atoms with E-state index in [-0.39, 0.29) is 0 Å². The van der Waals surface area contributed by atoms with Gasteiger partial charge in [0.15, 0.2) is 0 Å². The van der Waals surface area contributed by atoms with Crippen LogP contribution in [0.2, 0.25) is 0 Å². The molecule has 27 heavy (non-hydrogen) atoms. The summed E-state index contributed by atoms with van der Waals surface area (Å²) in [6, 6.07) is 6.15. The van der Waals surface area contributed by atoms with E-state index in [1.807, 2.05) is 6.07 Å². The van der Waals surface area contributed by atoms with Crippen LogP contribution in [0.25, 0.3) is 11.4 Å². The van der Waals surface area contributed by atoms with E-state index in [1.54, 1.807) is 0 Å². The van der Waals surface area contributed by atoms with Crippen LogP contribution < -0.4 is 4.74 Å². The molecule has 1 fully saturated rings. The third-order valence-corrected chi connectivity index (χ3v) is 4.87. The smallest absolute Gasteiger partial charge is 0.230 e. The fourth-order valence-electron chi connectivity index (χ4n) is 3.22. The molecule has 0 bridgehead atoms. The molecular formula is C21H25N3O3. The number of benzene rings is 1. The highest BCUT2D eigenvalue weighted by Crippen LogP contribution is 2.40. The van der Waals surface area contributed by atoms with Crippen LogP contribution >= 0.6 is 0 Å². The summed E-state index contributed by atoms with van der Waals surface area (Å²) in [5.41, 5.74) is 4.13. The molecule has 1 aromatic carbocycles. The summed E-state index contributed by atoms with van der Waals surface area (Å²) in [6.07, 6.45) is 4.92. The van der Waals surface area contributed by atoms with Crippen LogP contribution in [0, 0.1) is 13.8 Å². The second-order valence-corrected chi connectivity index (χ2v) is 7.26. The maximum atomic E-state index is 6.04. The van der Waals surface area contributed by atoms with E-state index in [1.165, 1.54) is 0 Å². The fourth-order valence-corrected chi connectivity index (χ4v) is 3.22. The monoisotopic (exact) mass is 367 g/mol. The second kappa shape index (κ2) is 7.55. The van der Waals surface area contributed by atoms with Gasteiger partial charge in [-0.05, 0) is 62.8 Å². The first-order valence-electron chi connectivity index (χ1n) is 9.66. The lowest BCUT2D eigenvalue weighted by Gasteiger charge is -2.13. The molecule has 142 valence electrons. The van der Waals surface area contributed by atoms with Crippen molar-refractivity contribution in [2.45, 2.75) is 58.8 Å². The quantitative estimate of drug-likeness (QED) is 0.533. The van der Waals surface area contributed by atoms with E-state index in [4.69, 9.17) is 13.8 Å². The molecule has 0 unspecified atom stereocenters. The van der Waals surface area contributed by atoms with Crippen molar-refractivity contribution in [2.24, 2.45) is 0 Å². The molecule has 1 aliphatic rings. The Labute approximate surface area is 158 Å². The number of hydrogen-bond acceptors (Lipinski definition) is 6. The number of aromatic nitrogens is 3. The summed E-state index contributed by atoms with van der Waals surface area (Å²) in [5, 5.41) is 8.15. The number of hydrogen-bond donors (Lipinski definition) is 0. The Morgan fingerprint density at radius 2 is 1.85 bits per heavy atom. The Morgan fingerprint density at radius 3 is 2.52 bits per heavy atom. The standard InChI is InChI=1S/C21H25N3O3/c1-4-17-12-18(26-23-17)6-5-9-25-19-13(2)10-16(11-14(19)3)20-22-21(27-24-20)15-7-8-15/h10-12,15H,4-9H2,1-3H3. The maximum absolute atomic E-state index is 6.04. The topological polar surface area (TPSA) is 74.2 Å². The molecule has 0 N–H and O–H groups in total. The van der Waals surface area contributed by atoms with Crippen LogP contribution in [0.4, 0.5) is 0 Å². The van der Waals surface area contributed by atoms with Gasteiger partial charge in [0, 0.05) is 24.0 Å². The van der Waals surface area contributed by atoms with Crippen LogP contribution in [-0.4, -0.2) is 21.9 Å². The first-order valence-corrected chi connectivity index (χ1v) is 9.66. The van der Waals surface area contributed by atoms with Crippen LogP contribution in [0.5, 0.6) is 5.75 Å². The molecule has 0 aliphatic heterocycles. The highest BCUT2D eigenvalue weighted by atomic mass is 16.5. The van der Waals surface area contributed by atoms with E-state index in [2.05, 4.69) is 48.2 Å². The Balaban J connectivity index is 1.37. The van der Waals surface area contributed by atoms with E-state index in [0.29, 0.717) is 18.3 Å².